The van der Waals surface area contributed by atoms with Gasteiger partial charge in [0.25, 0.3) is 0 Å². The summed E-state index contributed by atoms with van der Waals surface area (Å²) in [5.74, 6) is -0.375. The third-order valence-corrected chi connectivity index (χ3v) is 4.37. The third kappa shape index (κ3) is 5.65. The first-order valence-corrected chi connectivity index (χ1v) is 9.28. The first-order valence-electron chi connectivity index (χ1n) is 8.30. The molecule has 2 N–H and O–H groups in total. The highest BCUT2D eigenvalue weighted by molar-refractivity contribution is 7.99. The summed E-state index contributed by atoms with van der Waals surface area (Å²) in [6.07, 6.45) is 0. The van der Waals surface area contributed by atoms with Crippen LogP contribution in [0.15, 0.2) is 71.9 Å². The SMILES string of the molecule is Cc1cc(-c2ccccc2)nc(SCC(=O)NC(=O)Nc2ccccc2)n1. The molecule has 0 spiro atoms. The number of urea groups is 1. The molecule has 0 aliphatic heterocycles. The molecular formula is C20H18N4O2S. The summed E-state index contributed by atoms with van der Waals surface area (Å²) in [5.41, 5.74) is 3.21. The number of aryl methyl sites for hydroxylation is 1. The summed E-state index contributed by atoms with van der Waals surface area (Å²) in [5, 5.41) is 5.39. The Hall–Kier alpha value is -3.19. The molecule has 3 aromatic rings. The predicted octanol–water partition coefficient (Wildman–Crippen LogP) is 3.89. The fourth-order valence-electron chi connectivity index (χ4n) is 2.34. The zero-order valence-corrected chi connectivity index (χ0v) is 15.5. The summed E-state index contributed by atoms with van der Waals surface area (Å²) in [7, 11) is 0. The molecule has 1 heterocycles. The van der Waals surface area contributed by atoms with Crippen molar-refractivity contribution in [2.45, 2.75) is 12.1 Å². The maximum atomic E-state index is 12.0. The molecule has 7 heteroatoms. The summed E-state index contributed by atoms with van der Waals surface area (Å²) >= 11 is 1.19. The van der Waals surface area contributed by atoms with E-state index < -0.39 is 11.9 Å². The maximum Gasteiger partial charge on any atom is 0.325 e. The van der Waals surface area contributed by atoms with Gasteiger partial charge in [0.2, 0.25) is 5.91 Å². The molecule has 27 heavy (non-hydrogen) atoms. The van der Waals surface area contributed by atoms with Gasteiger partial charge in [0, 0.05) is 16.9 Å². The number of imide groups is 1. The number of carbonyl (C=O) groups is 2. The Bertz CT molecular complexity index is 933. The van der Waals surface area contributed by atoms with Crippen LogP contribution in [0.3, 0.4) is 0 Å². The highest BCUT2D eigenvalue weighted by atomic mass is 32.2. The Morgan fingerprint density at radius 3 is 2.33 bits per heavy atom. The van der Waals surface area contributed by atoms with Gasteiger partial charge in [0.1, 0.15) is 0 Å². The third-order valence-electron chi connectivity index (χ3n) is 3.52. The smallest absolute Gasteiger partial charge is 0.308 e. The second kappa shape index (κ2) is 8.95. The van der Waals surface area contributed by atoms with Gasteiger partial charge in [-0.3, -0.25) is 10.1 Å². The normalized spacial score (nSPS) is 10.3. The first-order chi connectivity index (χ1) is 13.1. The summed E-state index contributed by atoms with van der Waals surface area (Å²) in [6.45, 7) is 1.88. The van der Waals surface area contributed by atoms with Crippen molar-refractivity contribution in [3.05, 3.63) is 72.4 Å². The topological polar surface area (TPSA) is 84.0 Å². The largest absolute Gasteiger partial charge is 0.325 e. The number of carbonyl (C=O) groups excluding carboxylic acids is 2. The summed E-state index contributed by atoms with van der Waals surface area (Å²) < 4.78 is 0. The van der Waals surface area contributed by atoms with Crippen LogP contribution in [0.5, 0.6) is 0 Å². The highest BCUT2D eigenvalue weighted by Gasteiger charge is 2.11. The van der Waals surface area contributed by atoms with E-state index in [0.717, 1.165) is 17.0 Å². The minimum Gasteiger partial charge on any atom is -0.308 e. The lowest BCUT2D eigenvalue weighted by molar-refractivity contribution is -0.117. The van der Waals surface area contributed by atoms with E-state index in [0.29, 0.717) is 10.8 Å². The number of aromatic nitrogens is 2. The summed E-state index contributed by atoms with van der Waals surface area (Å²) in [6, 6.07) is 20.0. The number of thioether (sulfide) groups is 1. The maximum absolute atomic E-state index is 12.0. The number of nitrogens with zero attached hydrogens (tertiary/aromatic N) is 2. The number of anilines is 1. The fraction of sp³-hybridized carbons (Fsp3) is 0.100. The molecule has 0 fully saturated rings. The van der Waals surface area contributed by atoms with Gasteiger partial charge >= 0.3 is 6.03 Å². The quantitative estimate of drug-likeness (QED) is 0.520. The van der Waals surface area contributed by atoms with Crippen LogP contribution in [0.2, 0.25) is 0 Å². The molecular weight excluding hydrogens is 360 g/mol. The van der Waals surface area contributed by atoms with Gasteiger partial charge < -0.3 is 5.32 Å². The second-order valence-electron chi connectivity index (χ2n) is 5.70. The summed E-state index contributed by atoms with van der Waals surface area (Å²) in [4.78, 5) is 32.7. The van der Waals surface area contributed by atoms with Gasteiger partial charge in [-0.25, -0.2) is 14.8 Å². The van der Waals surface area contributed by atoms with Crippen molar-refractivity contribution in [3.63, 3.8) is 0 Å². The zero-order valence-electron chi connectivity index (χ0n) is 14.7. The van der Waals surface area contributed by atoms with Crippen LogP contribution in [0.25, 0.3) is 11.3 Å². The van der Waals surface area contributed by atoms with E-state index in [2.05, 4.69) is 20.6 Å². The van der Waals surface area contributed by atoms with Gasteiger partial charge in [0.05, 0.1) is 11.4 Å². The minimum absolute atomic E-state index is 0.0416. The molecule has 3 amide bonds. The molecule has 0 aliphatic carbocycles. The van der Waals surface area contributed by atoms with E-state index in [4.69, 9.17) is 0 Å². The Balaban J connectivity index is 1.57. The van der Waals surface area contributed by atoms with Gasteiger partial charge in [-0.15, -0.1) is 0 Å². The monoisotopic (exact) mass is 378 g/mol. The lowest BCUT2D eigenvalue weighted by atomic mass is 10.1. The van der Waals surface area contributed by atoms with Crippen molar-refractivity contribution < 1.29 is 9.59 Å². The number of hydrogen-bond acceptors (Lipinski definition) is 5. The molecule has 0 bridgehead atoms. The number of para-hydroxylation sites is 1. The van der Waals surface area contributed by atoms with E-state index in [9.17, 15) is 9.59 Å². The van der Waals surface area contributed by atoms with Crippen LogP contribution in [0.1, 0.15) is 5.69 Å². The molecule has 0 unspecified atom stereocenters. The van der Waals surface area contributed by atoms with Crippen LogP contribution < -0.4 is 10.6 Å². The van der Waals surface area contributed by atoms with Gasteiger partial charge in [-0.05, 0) is 25.1 Å². The van der Waals surface area contributed by atoms with Crippen LogP contribution in [0, 0.1) is 6.92 Å². The van der Waals surface area contributed by atoms with Crippen LogP contribution in [-0.4, -0.2) is 27.7 Å². The molecule has 136 valence electrons. The second-order valence-corrected chi connectivity index (χ2v) is 6.64. The molecule has 0 saturated heterocycles. The predicted molar refractivity (Wildman–Crippen MR) is 107 cm³/mol. The Morgan fingerprint density at radius 1 is 0.963 bits per heavy atom. The molecule has 1 aromatic heterocycles. The Kier molecular flexibility index (Phi) is 6.17. The van der Waals surface area contributed by atoms with Gasteiger partial charge in [-0.1, -0.05) is 60.3 Å². The number of nitrogens with one attached hydrogen (secondary N) is 2. The number of amides is 3. The van der Waals surface area contributed by atoms with Crippen LogP contribution in [0.4, 0.5) is 10.5 Å². The fourth-order valence-corrected chi connectivity index (χ4v) is 3.04. The number of hydrogen-bond donors (Lipinski definition) is 2. The molecule has 0 saturated carbocycles. The zero-order chi connectivity index (χ0) is 19.1. The van der Waals surface area contributed by atoms with Crippen molar-refractivity contribution >= 4 is 29.4 Å². The highest BCUT2D eigenvalue weighted by Crippen LogP contribution is 2.21. The van der Waals surface area contributed by atoms with Crippen molar-refractivity contribution in [1.29, 1.82) is 0 Å². The molecule has 0 atom stereocenters. The number of benzene rings is 2. The Morgan fingerprint density at radius 2 is 1.63 bits per heavy atom. The van der Waals surface area contributed by atoms with Crippen LogP contribution in [-0.2, 0) is 4.79 Å². The standard InChI is InChI=1S/C20H18N4O2S/c1-14-12-17(15-8-4-2-5-9-15)23-20(21-14)27-13-18(25)24-19(26)22-16-10-6-3-7-11-16/h2-12H,13H2,1H3,(H2,22,24,25,26). The van der Waals surface area contributed by atoms with Crippen LogP contribution >= 0.6 is 11.8 Å². The number of rotatable bonds is 5. The van der Waals surface area contributed by atoms with E-state index >= 15 is 0 Å². The van der Waals surface area contributed by atoms with Crippen molar-refractivity contribution in [2.24, 2.45) is 0 Å². The molecule has 0 radical (unpaired) electrons. The molecule has 6 nitrogen and oxygen atoms in total. The first kappa shape index (κ1) is 18.6. The Labute approximate surface area is 161 Å². The van der Waals surface area contributed by atoms with Crippen molar-refractivity contribution in [2.75, 3.05) is 11.1 Å². The van der Waals surface area contributed by atoms with E-state index in [1.807, 2.05) is 49.4 Å². The lowest BCUT2D eigenvalue weighted by Crippen LogP contribution is -2.35. The lowest BCUT2D eigenvalue weighted by Gasteiger charge is -2.07. The minimum atomic E-state index is -0.568. The van der Waals surface area contributed by atoms with Gasteiger partial charge in [-0.2, -0.15) is 0 Å². The van der Waals surface area contributed by atoms with Gasteiger partial charge in [0.15, 0.2) is 5.16 Å². The molecule has 2 aromatic carbocycles. The van der Waals surface area contributed by atoms with Crippen molar-refractivity contribution in [3.8, 4) is 11.3 Å². The van der Waals surface area contributed by atoms with E-state index in [1.54, 1.807) is 24.3 Å². The van der Waals surface area contributed by atoms with E-state index in [-0.39, 0.29) is 5.75 Å². The molecule has 0 aliphatic rings. The average Bonchev–Trinajstić information content (AvgIpc) is 2.67. The van der Waals surface area contributed by atoms with Crippen molar-refractivity contribution in [1.82, 2.24) is 15.3 Å². The molecule has 3 rings (SSSR count). The average molecular weight is 378 g/mol. The van der Waals surface area contributed by atoms with E-state index in [1.165, 1.54) is 11.8 Å².